The molecule has 2 amide bonds. The molecule has 0 radical (unpaired) electrons. The molecule has 0 spiro atoms. The van der Waals surface area contributed by atoms with Gasteiger partial charge in [0.2, 0.25) is 11.7 Å². The Labute approximate surface area is 187 Å². The molecule has 0 saturated heterocycles. The van der Waals surface area contributed by atoms with Crippen molar-refractivity contribution in [3.05, 3.63) is 87.3 Å². The lowest BCUT2D eigenvalue weighted by Gasteiger charge is -2.07. The van der Waals surface area contributed by atoms with Crippen molar-refractivity contribution < 1.29 is 14.3 Å². The number of aromatic amines is 1. The van der Waals surface area contributed by atoms with E-state index < -0.39 is 11.5 Å². The number of ether oxygens (including phenoxy) is 1. The molecule has 0 bridgehead atoms. The van der Waals surface area contributed by atoms with Crippen molar-refractivity contribution >= 4 is 39.1 Å². The summed E-state index contributed by atoms with van der Waals surface area (Å²) in [6.45, 7) is 0.257. The van der Waals surface area contributed by atoms with Crippen LogP contribution in [0.15, 0.2) is 64.8 Å². The SMILES string of the molecule is COc1cccc(CNC(=O)c2nc3scc(CC(=O)Nc4ccccc4)c3c(=O)[nH]2)c1. The maximum absolute atomic E-state index is 12.7. The van der Waals surface area contributed by atoms with Gasteiger partial charge in [0, 0.05) is 12.2 Å². The summed E-state index contributed by atoms with van der Waals surface area (Å²) < 4.78 is 5.17. The minimum atomic E-state index is -0.497. The zero-order valence-corrected chi connectivity index (χ0v) is 18.0. The third kappa shape index (κ3) is 4.84. The predicted octanol–water partition coefficient (Wildman–Crippen LogP) is 3.10. The number of carbonyl (C=O) groups is 2. The molecule has 0 aliphatic rings. The van der Waals surface area contributed by atoms with Crippen LogP contribution in [-0.2, 0) is 17.8 Å². The monoisotopic (exact) mass is 448 g/mol. The number of amides is 2. The molecule has 0 aliphatic heterocycles. The van der Waals surface area contributed by atoms with Gasteiger partial charge in [0.15, 0.2) is 0 Å². The van der Waals surface area contributed by atoms with Gasteiger partial charge in [-0.25, -0.2) is 4.98 Å². The van der Waals surface area contributed by atoms with E-state index in [-0.39, 0.29) is 24.7 Å². The van der Waals surface area contributed by atoms with Gasteiger partial charge >= 0.3 is 0 Å². The van der Waals surface area contributed by atoms with Crippen LogP contribution in [0.25, 0.3) is 10.2 Å². The molecule has 0 aliphatic carbocycles. The molecule has 2 heterocycles. The zero-order valence-electron chi connectivity index (χ0n) is 17.2. The number of hydrogen-bond donors (Lipinski definition) is 3. The smallest absolute Gasteiger partial charge is 0.287 e. The normalized spacial score (nSPS) is 10.7. The van der Waals surface area contributed by atoms with E-state index >= 15 is 0 Å². The summed E-state index contributed by atoms with van der Waals surface area (Å²) in [4.78, 5) is 44.8. The van der Waals surface area contributed by atoms with Gasteiger partial charge in [-0.1, -0.05) is 30.3 Å². The average Bonchev–Trinajstić information content (AvgIpc) is 3.21. The maximum atomic E-state index is 12.7. The number of fused-ring (bicyclic) bond motifs is 1. The van der Waals surface area contributed by atoms with Gasteiger partial charge in [-0.05, 0) is 40.8 Å². The fourth-order valence-electron chi connectivity index (χ4n) is 3.19. The number of rotatable bonds is 7. The highest BCUT2D eigenvalue weighted by Gasteiger charge is 2.17. The van der Waals surface area contributed by atoms with Crippen LogP contribution in [0.1, 0.15) is 21.7 Å². The number of hydrogen-bond acceptors (Lipinski definition) is 6. The second-order valence-electron chi connectivity index (χ2n) is 6.98. The first-order valence-electron chi connectivity index (χ1n) is 9.80. The van der Waals surface area contributed by atoms with Crippen LogP contribution in [0.3, 0.4) is 0 Å². The molecule has 3 N–H and O–H groups in total. The summed E-state index contributed by atoms with van der Waals surface area (Å²) >= 11 is 1.22. The lowest BCUT2D eigenvalue weighted by atomic mass is 10.1. The summed E-state index contributed by atoms with van der Waals surface area (Å²) in [6.07, 6.45) is 0.0288. The van der Waals surface area contributed by atoms with Gasteiger partial charge in [-0.3, -0.25) is 14.4 Å². The fourth-order valence-corrected chi connectivity index (χ4v) is 4.13. The number of nitrogens with one attached hydrogen (secondary N) is 3. The van der Waals surface area contributed by atoms with Crippen LogP contribution in [0.2, 0.25) is 0 Å². The number of benzene rings is 2. The molecule has 9 heteroatoms. The molecule has 2 aromatic carbocycles. The molecule has 4 aromatic rings. The van der Waals surface area contributed by atoms with Gasteiger partial charge in [0.25, 0.3) is 11.5 Å². The molecule has 0 atom stereocenters. The van der Waals surface area contributed by atoms with Gasteiger partial charge in [-0.15, -0.1) is 11.3 Å². The number of anilines is 1. The van der Waals surface area contributed by atoms with Crippen LogP contribution in [0, 0.1) is 0 Å². The zero-order chi connectivity index (χ0) is 22.5. The van der Waals surface area contributed by atoms with E-state index in [1.807, 2.05) is 42.5 Å². The lowest BCUT2D eigenvalue weighted by Crippen LogP contribution is -2.27. The fraction of sp³-hybridized carbons (Fsp3) is 0.130. The molecule has 32 heavy (non-hydrogen) atoms. The van der Waals surface area contributed by atoms with E-state index in [0.717, 1.165) is 5.56 Å². The number of methoxy groups -OCH3 is 1. The number of para-hydroxylation sites is 1. The van der Waals surface area contributed by atoms with E-state index in [0.29, 0.717) is 27.2 Å². The summed E-state index contributed by atoms with van der Waals surface area (Å²) in [5.41, 5.74) is 1.64. The number of nitrogens with zero attached hydrogens (tertiary/aromatic N) is 1. The topological polar surface area (TPSA) is 113 Å². The highest BCUT2D eigenvalue weighted by molar-refractivity contribution is 7.16. The Morgan fingerprint density at radius 1 is 1.12 bits per heavy atom. The van der Waals surface area contributed by atoms with Crippen molar-refractivity contribution in [2.24, 2.45) is 0 Å². The van der Waals surface area contributed by atoms with Crippen molar-refractivity contribution in [1.29, 1.82) is 0 Å². The molecule has 162 valence electrons. The van der Waals surface area contributed by atoms with E-state index in [9.17, 15) is 14.4 Å². The predicted molar refractivity (Wildman–Crippen MR) is 123 cm³/mol. The Hall–Kier alpha value is -3.98. The summed E-state index contributed by atoms with van der Waals surface area (Å²) in [5.74, 6) is -0.126. The third-order valence-electron chi connectivity index (χ3n) is 4.73. The number of aromatic nitrogens is 2. The molecular weight excluding hydrogens is 428 g/mol. The van der Waals surface area contributed by atoms with Crippen LogP contribution in [0.4, 0.5) is 5.69 Å². The first-order valence-corrected chi connectivity index (χ1v) is 10.7. The van der Waals surface area contributed by atoms with E-state index in [2.05, 4.69) is 20.6 Å². The van der Waals surface area contributed by atoms with Crippen LogP contribution in [0.5, 0.6) is 5.75 Å². The minimum Gasteiger partial charge on any atom is -0.497 e. The van der Waals surface area contributed by atoms with Crippen molar-refractivity contribution in [3.8, 4) is 5.75 Å². The summed E-state index contributed by atoms with van der Waals surface area (Å²) in [7, 11) is 1.57. The summed E-state index contributed by atoms with van der Waals surface area (Å²) in [6, 6.07) is 16.4. The maximum Gasteiger partial charge on any atom is 0.287 e. The van der Waals surface area contributed by atoms with Gasteiger partial charge in [-0.2, -0.15) is 0 Å². The van der Waals surface area contributed by atoms with Crippen LogP contribution >= 0.6 is 11.3 Å². The second-order valence-corrected chi connectivity index (χ2v) is 7.84. The largest absolute Gasteiger partial charge is 0.497 e. The molecule has 2 aromatic heterocycles. The minimum absolute atomic E-state index is 0.0288. The van der Waals surface area contributed by atoms with E-state index in [4.69, 9.17) is 4.74 Å². The molecular formula is C23H20N4O4S. The summed E-state index contributed by atoms with van der Waals surface area (Å²) in [5, 5.41) is 7.57. The lowest BCUT2D eigenvalue weighted by molar-refractivity contribution is -0.115. The molecule has 0 fully saturated rings. The molecule has 4 rings (SSSR count). The van der Waals surface area contributed by atoms with E-state index in [1.54, 1.807) is 24.6 Å². The quantitative estimate of drug-likeness (QED) is 0.402. The van der Waals surface area contributed by atoms with Crippen molar-refractivity contribution in [3.63, 3.8) is 0 Å². The van der Waals surface area contributed by atoms with Crippen molar-refractivity contribution in [2.45, 2.75) is 13.0 Å². The van der Waals surface area contributed by atoms with Crippen molar-refractivity contribution in [2.75, 3.05) is 12.4 Å². The highest BCUT2D eigenvalue weighted by atomic mass is 32.1. The second kappa shape index (κ2) is 9.44. The Balaban J connectivity index is 1.47. The standard InChI is InChI=1S/C23H20N4O4S/c1-31-17-9-5-6-14(10-17)12-24-22(30)20-26-21(29)19-15(13-32-23(19)27-20)11-18(28)25-16-7-3-2-4-8-16/h2-10,13H,11-12H2,1H3,(H,24,30)(H,25,28)(H,26,27,29). The third-order valence-corrected chi connectivity index (χ3v) is 5.65. The van der Waals surface area contributed by atoms with Gasteiger partial charge in [0.1, 0.15) is 10.6 Å². The molecule has 0 unspecified atom stereocenters. The number of carbonyl (C=O) groups excluding carboxylic acids is 2. The van der Waals surface area contributed by atoms with E-state index in [1.165, 1.54) is 11.3 Å². The Morgan fingerprint density at radius 2 is 1.94 bits per heavy atom. The van der Waals surface area contributed by atoms with Gasteiger partial charge < -0.3 is 20.4 Å². The Bertz CT molecular complexity index is 1330. The molecule has 0 saturated carbocycles. The molecule has 8 nitrogen and oxygen atoms in total. The Morgan fingerprint density at radius 3 is 2.72 bits per heavy atom. The first-order chi connectivity index (χ1) is 15.5. The Kier molecular flexibility index (Phi) is 6.27. The first kappa shape index (κ1) is 21.3. The van der Waals surface area contributed by atoms with Crippen LogP contribution < -0.4 is 20.9 Å². The van der Waals surface area contributed by atoms with Crippen LogP contribution in [-0.4, -0.2) is 28.9 Å². The van der Waals surface area contributed by atoms with Crippen molar-refractivity contribution in [1.82, 2.24) is 15.3 Å². The number of H-pyrrole nitrogens is 1. The highest BCUT2D eigenvalue weighted by Crippen LogP contribution is 2.22. The average molecular weight is 449 g/mol. The number of thiophene rings is 1. The van der Waals surface area contributed by atoms with Gasteiger partial charge in [0.05, 0.1) is 18.9 Å².